The Bertz CT molecular complexity index is 1200. The average molecular weight is 461 g/mol. The molecule has 1 amide bonds. The Hall–Kier alpha value is -2.77. The highest BCUT2D eigenvalue weighted by atomic mass is 35.5. The summed E-state index contributed by atoms with van der Waals surface area (Å²) in [7, 11) is -3.70. The van der Waals surface area contributed by atoms with E-state index in [9.17, 15) is 13.2 Å². The maximum absolute atomic E-state index is 12.6. The summed E-state index contributed by atoms with van der Waals surface area (Å²) in [6.07, 6.45) is 1.06. The quantitative estimate of drug-likeness (QED) is 0.512. The van der Waals surface area contributed by atoms with Gasteiger partial charge in [-0.2, -0.15) is 0 Å². The molecule has 1 unspecified atom stereocenters. The summed E-state index contributed by atoms with van der Waals surface area (Å²) in [4.78, 5) is 12.6. The van der Waals surface area contributed by atoms with Crippen molar-refractivity contribution >= 4 is 44.0 Å². The van der Waals surface area contributed by atoms with Crippen molar-refractivity contribution in [3.05, 3.63) is 71.2 Å². The molecule has 0 aliphatic rings. The summed E-state index contributed by atoms with van der Waals surface area (Å²) in [5.74, 6) is 0.275. The van der Waals surface area contributed by atoms with Gasteiger partial charge in [-0.05, 0) is 54.4 Å². The van der Waals surface area contributed by atoms with Crippen molar-refractivity contribution in [3.63, 3.8) is 0 Å². The Labute approximate surface area is 187 Å². The molecule has 31 heavy (non-hydrogen) atoms. The zero-order valence-corrected chi connectivity index (χ0v) is 19.2. The number of rotatable bonds is 8. The Balaban J connectivity index is 1.61. The molecule has 6 nitrogen and oxygen atoms in total. The summed E-state index contributed by atoms with van der Waals surface area (Å²) in [6.45, 7) is 3.85. The van der Waals surface area contributed by atoms with Crippen LogP contribution in [0.3, 0.4) is 0 Å². The SMILES string of the molecule is Cc1ccc(N(C(C)C(=O)NCCOc2ccc3ccccc3c2)S(C)(=O)=O)cc1Cl. The highest BCUT2D eigenvalue weighted by molar-refractivity contribution is 7.92. The fourth-order valence-electron chi connectivity index (χ4n) is 3.28. The monoisotopic (exact) mass is 460 g/mol. The molecule has 0 spiro atoms. The molecule has 0 aromatic heterocycles. The first-order valence-corrected chi connectivity index (χ1v) is 12.0. The van der Waals surface area contributed by atoms with Crippen LogP contribution in [-0.2, 0) is 14.8 Å². The van der Waals surface area contributed by atoms with Crippen LogP contribution in [0.25, 0.3) is 10.8 Å². The number of halogens is 1. The lowest BCUT2D eigenvalue weighted by Gasteiger charge is -2.28. The number of nitrogens with one attached hydrogen (secondary N) is 1. The van der Waals surface area contributed by atoms with Crippen LogP contribution >= 0.6 is 11.6 Å². The van der Waals surface area contributed by atoms with E-state index < -0.39 is 22.0 Å². The number of carbonyl (C=O) groups is 1. The molecule has 0 aliphatic heterocycles. The molecule has 0 aliphatic carbocycles. The van der Waals surface area contributed by atoms with Gasteiger partial charge in [0.15, 0.2) is 0 Å². The lowest BCUT2D eigenvalue weighted by Crippen LogP contribution is -2.48. The van der Waals surface area contributed by atoms with Crippen LogP contribution in [0.15, 0.2) is 60.7 Å². The van der Waals surface area contributed by atoms with Crippen molar-refractivity contribution < 1.29 is 17.9 Å². The number of fused-ring (bicyclic) bond motifs is 1. The Morgan fingerprint density at radius 1 is 1.10 bits per heavy atom. The Morgan fingerprint density at radius 3 is 2.48 bits per heavy atom. The third-order valence-corrected chi connectivity index (χ3v) is 6.54. The minimum Gasteiger partial charge on any atom is -0.492 e. The van der Waals surface area contributed by atoms with Crippen molar-refractivity contribution in [2.75, 3.05) is 23.7 Å². The first kappa shape index (κ1) is 22.9. The van der Waals surface area contributed by atoms with Gasteiger partial charge in [0.1, 0.15) is 18.4 Å². The minimum absolute atomic E-state index is 0.238. The fourth-order valence-corrected chi connectivity index (χ4v) is 4.62. The molecule has 1 atom stereocenters. The zero-order valence-electron chi connectivity index (χ0n) is 17.6. The predicted octanol–water partition coefficient (Wildman–Crippen LogP) is 4.15. The van der Waals surface area contributed by atoms with E-state index in [1.807, 2.05) is 49.4 Å². The number of benzene rings is 3. The molecule has 0 heterocycles. The van der Waals surface area contributed by atoms with E-state index in [1.165, 1.54) is 6.92 Å². The molecule has 0 radical (unpaired) electrons. The van der Waals surface area contributed by atoms with Crippen molar-refractivity contribution in [1.29, 1.82) is 0 Å². The minimum atomic E-state index is -3.70. The van der Waals surface area contributed by atoms with Gasteiger partial charge in [-0.25, -0.2) is 8.42 Å². The van der Waals surface area contributed by atoms with Crippen molar-refractivity contribution in [1.82, 2.24) is 5.32 Å². The zero-order chi connectivity index (χ0) is 22.6. The van der Waals surface area contributed by atoms with E-state index in [1.54, 1.807) is 18.2 Å². The molecule has 3 aromatic rings. The molecule has 3 rings (SSSR count). The summed E-state index contributed by atoms with van der Waals surface area (Å²) in [5, 5.41) is 5.36. The van der Waals surface area contributed by atoms with Gasteiger partial charge < -0.3 is 10.1 Å². The topological polar surface area (TPSA) is 75.7 Å². The molecule has 0 bridgehead atoms. The van der Waals surface area contributed by atoms with E-state index in [-0.39, 0.29) is 13.2 Å². The highest BCUT2D eigenvalue weighted by Gasteiger charge is 2.29. The number of ether oxygens (including phenoxy) is 1. The van der Waals surface area contributed by atoms with Crippen LogP contribution in [0.4, 0.5) is 5.69 Å². The lowest BCUT2D eigenvalue weighted by molar-refractivity contribution is -0.121. The predicted molar refractivity (Wildman–Crippen MR) is 125 cm³/mol. The third-order valence-electron chi connectivity index (χ3n) is 4.89. The summed E-state index contributed by atoms with van der Waals surface area (Å²) >= 11 is 6.15. The largest absolute Gasteiger partial charge is 0.492 e. The van der Waals surface area contributed by atoms with Crippen molar-refractivity contribution in [2.45, 2.75) is 19.9 Å². The maximum Gasteiger partial charge on any atom is 0.243 e. The summed E-state index contributed by atoms with van der Waals surface area (Å²) in [5.41, 5.74) is 1.16. The number of anilines is 1. The Morgan fingerprint density at radius 2 is 1.81 bits per heavy atom. The number of hydrogen-bond donors (Lipinski definition) is 1. The van der Waals surface area contributed by atoms with Gasteiger partial charge in [-0.15, -0.1) is 0 Å². The van der Waals surface area contributed by atoms with Gasteiger partial charge in [-0.3, -0.25) is 9.10 Å². The normalized spacial score (nSPS) is 12.4. The molecule has 0 saturated carbocycles. The molecule has 0 fully saturated rings. The van der Waals surface area contributed by atoms with E-state index in [0.29, 0.717) is 16.5 Å². The second kappa shape index (κ2) is 9.58. The molecule has 0 saturated heterocycles. The van der Waals surface area contributed by atoms with Crippen LogP contribution in [-0.4, -0.2) is 39.8 Å². The van der Waals surface area contributed by atoms with Crippen molar-refractivity contribution in [3.8, 4) is 5.75 Å². The summed E-state index contributed by atoms with van der Waals surface area (Å²) in [6, 6.07) is 17.7. The average Bonchev–Trinajstić information content (AvgIpc) is 2.72. The first-order valence-electron chi connectivity index (χ1n) is 9.81. The number of nitrogens with zero attached hydrogens (tertiary/aromatic N) is 1. The van der Waals surface area contributed by atoms with Gasteiger partial charge in [0, 0.05) is 5.02 Å². The third kappa shape index (κ3) is 5.68. The molecule has 164 valence electrons. The van der Waals surface area contributed by atoms with Gasteiger partial charge in [0.05, 0.1) is 18.5 Å². The molecule has 1 N–H and O–H groups in total. The summed E-state index contributed by atoms with van der Waals surface area (Å²) < 4.78 is 31.5. The number of aryl methyl sites for hydroxylation is 1. The molecular formula is C23H25ClN2O4S. The molecule has 3 aromatic carbocycles. The molecule has 8 heteroatoms. The number of amides is 1. The Kier molecular flexibility index (Phi) is 7.08. The molecular weight excluding hydrogens is 436 g/mol. The van der Waals surface area contributed by atoms with Crippen LogP contribution < -0.4 is 14.4 Å². The maximum atomic E-state index is 12.6. The van der Waals surface area contributed by atoms with Gasteiger partial charge in [0.25, 0.3) is 0 Å². The van der Waals surface area contributed by atoms with Gasteiger partial charge in [-0.1, -0.05) is 48.0 Å². The number of hydrogen-bond acceptors (Lipinski definition) is 4. The van der Waals surface area contributed by atoms with E-state index in [0.717, 1.165) is 26.9 Å². The second-order valence-corrected chi connectivity index (χ2v) is 9.58. The van der Waals surface area contributed by atoms with Crippen LogP contribution in [0.1, 0.15) is 12.5 Å². The fraction of sp³-hybridized carbons (Fsp3) is 0.261. The smallest absolute Gasteiger partial charge is 0.243 e. The van der Waals surface area contributed by atoms with E-state index >= 15 is 0 Å². The van der Waals surface area contributed by atoms with Gasteiger partial charge >= 0.3 is 0 Å². The first-order chi connectivity index (χ1) is 14.7. The van der Waals surface area contributed by atoms with Crippen LogP contribution in [0, 0.1) is 6.92 Å². The lowest BCUT2D eigenvalue weighted by atomic mass is 10.1. The van der Waals surface area contributed by atoms with E-state index in [2.05, 4.69) is 5.32 Å². The van der Waals surface area contributed by atoms with E-state index in [4.69, 9.17) is 16.3 Å². The van der Waals surface area contributed by atoms with Crippen LogP contribution in [0.2, 0.25) is 5.02 Å². The van der Waals surface area contributed by atoms with Crippen LogP contribution in [0.5, 0.6) is 5.75 Å². The highest BCUT2D eigenvalue weighted by Crippen LogP contribution is 2.26. The van der Waals surface area contributed by atoms with Gasteiger partial charge in [0.2, 0.25) is 15.9 Å². The second-order valence-electron chi connectivity index (χ2n) is 7.32. The number of sulfonamides is 1. The standard InChI is InChI=1S/C23H25ClN2O4S/c1-16-8-10-20(15-22(16)24)26(31(3,28)29)17(2)23(27)25-12-13-30-21-11-9-18-6-4-5-7-19(18)14-21/h4-11,14-15,17H,12-13H2,1-3H3,(H,25,27). The van der Waals surface area contributed by atoms with Crippen molar-refractivity contribution in [2.24, 2.45) is 0 Å². The number of carbonyl (C=O) groups excluding carboxylic acids is 1.